The van der Waals surface area contributed by atoms with E-state index >= 15 is 0 Å². The molecule has 1 aliphatic rings. The number of hydrogen-bond donors (Lipinski definition) is 1. The van der Waals surface area contributed by atoms with Crippen molar-refractivity contribution in [3.8, 4) is 17.0 Å². The van der Waals surface area contributed by atoms with Crippen LogP contribution in [0.5, 0.6) is 5.75 Å². The molecular weight excluding hydrogens is 278 g/mol. The van der Waals surface area contributed by atoms with E-state index < -0.39 is 0 Å². The SMILES string of the molecule is CC(=O)c1cccc(-c2ccc(O)c3nc(C4CC4)nn23)c1. The molecule has 1 aliphatic carbocycles. The zero-order valence-corrected chi connectivity index (χ0v) is 12.2. The number of fused-ring (bicyclic) bond motifs is 1. The predicted molar refractivity (Wildman–Crippen MR) is 82.1 cm³/mol. The molecule has 2 heterocycles. The molecule has 1 saturated carbocycles. The van der Waals surface area contributed by atoms with Gasteiger partial charge in [0.25, 0.3) is 0 Å². The Morgan fingerprint density at radius 3 is 2.82 bits per heavy atom. The number of carbonyl (C=O) groups excluding carboxylic acids is 1. The van der Waals surface area contributed by atoms with Crippen LogP contribution in [0, 0.1) is 0 Å². The quantitative estimate of drug-likeness (QED) is 0.753. The molecule has 2 aromatic heterocycles. The smallest absolute Gasteiger partial charge is 0.198 e. The van der Waals surface area contributed by atoms with Crippen LogP contribution in [0.25, 0.3) is 16.9 Å². The van der Waals surface area contributed by atoms with Crippen LogP contribution >= 0.6 is 0 Å². The molecule has 1 aromatic carbocycles. The summed E-state index contributed by atoms with van der Waals surface area (Å²) in [4.78, 5) is 16.0. The first kappa shape index (κ1) is 13.0. The van der Waals surface area contributed by atoms with Gasteiger partial charge in [-0.3, -0.25) is 4.79 Å². The first-order valence-electron chi connectivity index (χ1n) is 7.33. The van der Waals surface area contributed by atoms with Crippen LogP contribution in [-0.4, -0.2) is 25.5 Å². The van der Waals surface area contributed by atoms with Gasteiger partial charge in [0.05, 0.1) is 5.69 Å². The number of benzene rings is 1. The predicted octanol–water partition coefficient (Wildman–Crippen LogP) is 3.18. The second-order valence-electron chi connectivity index (χ2n) is 5.72. The van der Waals surface area contributed by atoms with Crippen molar-refractivity contribution in [3.63, 3.8) is 0 Å². The summed E-state index contributed by atoms with van der Waals surface area (Å²) in [6, 6.07) is 10.8. The Kier molecular flexibility index (Phi) is 2.76. The van der Waals surface area contributed by atoms with Crippen LogP contribution < -0.4 is 0 Å². The third-order valence-corrected chi connectivity index (χ3v) is 3.99. The topological polar surface area (TPSA) is 67.5 Å². The molecule has 110 valence electrons. The summed E-state index contributed by atoms with van der Waals surface area (Å²) < 4.78 is 1.67. The number of ketones is 1. The molecule has 22 heavy (non-hydrogen) atoms. The monoisotopic (exact) mass is 293 g/mol. The Bertz CT molecular complexity index is 894. The third-order valence-electron chi connectivity index (χ3n) is 3.99. The fourth-order valence-electron chi connectivity index (χ4n) is 2.60. The fourth-order valence-corrected chi connectivity index (χ4v) is 2.60. The van der Waals surface area contributed by atoms with E-state index in [1.54, 1.807) is 29.6 Å². The first-order chi connectivity index (χ1) is 10.6. The first-order valence-corrected chi connectivity index (χ1v) is 7.33. The number of Topliss-reactive ketones (excluding diaryl/α,β-unsaturated/α-hetero) is 1. The van der Waals surface area contributed by atoms with Gasteiger partial charge < -0.3 is 5.11 Å². The highest BCUT2D eigenvalue weighted by Gasteiger charge is 2.29. The molecule has 0 bridgehead atoms. The van der Waals surface area contributed by atoms with E-state index in [-0.39, 0.29) is 11.5 Å². The maximum Gasteiger partial charge on any atom is 0.198 e. The van der Waals surface area contributed by atoms with Gasteiger partial charge in [-0.05, 0) is 38.0 Å². The molecule has 1 fully saturated rings. The second kappa shape index (κ2) is 4.66. The maximum absolute atomic E-state index is 11.6. The Hall–Kier alpha value is -2.69. The summed E-state index contributed by atoms with van der Waals surface area (Å²) in [6.07, 6.45) is 2.21. The van der Waals surface area contributed by atoms with Crippen LogP contribution in [0.15, 0.2) is 36.4 Å². The van der Waals surface area contributed by atoms with Gasteiger partial charge in [0, 0.05) is 17.0 Å². The van der Waals surface area contributed by atoms with Crippen LogP contribution in [0.2, 0.25) is 0 Å². The van der Waals surface area contributed by atoms with Crippen molar-refractivity contribution in [2.24, 2.45) is 0 Å². The largest absolute Gasteiger partial charge is 0.504 e. The van der Waals surface area contributed by atoms with Crippen molar-refractivity contribution in [3.05, 3.63) is 47.8 Å². The van der Waals surface area contributed by atoms with Crippen molar-refractivity contribution in [2.75, 3.05) is 0 Å². The van der Waals surface area contributed by atoms with Gasteiger partial charge in [-0.1, -0.05) is 18.2 Å². The molecule has 0 spiro atoms. The number of nitrogens with zero attached hydrogens (tertiary/aromatic N) is 3. The van der Waals surface area contributed by atoms with Gasteiger partial charge in [0.15, 0.2) is 23.0 Å². The average molecular weight is 293 g/mol. The van der Waals surface area contributed by atoms with E-state index in [4.69, 9.17) is 0 Å². The number of rotatable bonds is 3. The number of aromatic hydroxyl groups is 1. The van der Waals surface area contributed by atoms with Crippen molar-refractivity contribution in [2.45, 2.75) is 25.7 Å². The molecule has 0 saturated heterocycles. The van der Waals surface area contributed by atoms with Crippen LogP contribution in [0.3, 0.4) is 0 Å². The van der Waals surface area contributed by atoms with Crippen molar-refractivity contribution >= 4 is 11.4 Å². The van der Waals surface area contributed by atoms with Gasteiger partial charge in [-0.25, -0.2) is 9.50 Å². The maximum atomic E-state index is 11.6. The third kappa shape index (κ3) is 2.06. The lowest BCUT2D eigenvalue weighted by Crippen LogP contribution is -1.97. The Labute approximate surface area is 127 Å². The zero-order chi connectivity index (χ0) is 15.3. The highest BCUT2D eigenvalue weighted by Crippen LogP contribution is 2.39. The van der Waals surface area contributed by atoms with Gasteiger partial charge >= 0.3 is 0 Å². The van der Waals surface area contributed by atoms with Gasteiger partial charge in [0.1, 0.15) is 0 Å². The van der Waals surface area contributed by atoms with Crippen LogP contribution in [0.1, 0.15) is 41.9 Å². The molecule has 5 heteroatoms. The lowest BCUT2D eigenvalue weighted by atomic mass is 10.1. The molecule has 0 unspecified atom stereocenters. The summed E-state index contributed by atoms with van der Waals surface area (Å²) in [5.74, 6) is 1.33. The number of carbonyl (C=O) groups is 1. The lowest BCUT2D eigenvalue weighted by Gasteiger charge is -2.06. The molecular formula is C17H15N3O2. The Morgan fingerprint density at radius 2 is 2.09 bits per heavy atom. The standard InChI is InChI=1S/C17H15N3O2/c1-10(21)12-3-2-4-13(9-12)14-7-8-15(22)17-18-16(11-5-6-11)19-20(14)17/h2-4,7-9,11,22H,5-6H2,1H3. The second-order valence-corrected chi connectivity index (χ2v) is 5.72. The average Bonchev–Trinajstić information content (AvgIpc) is 3.27. The van der Waals surface area contributed by atoms with Crippen LogP contribution in [-0.2, 0) is 0 Å². The molecule has 0 radical (unpaired) electrons. The van der Waals surface area contributed by atoms with Crippen molar-refractivity contribution in [1.82, 2.24) is 14.6 Å². The van der Waals surface area contributed by atoms with Crippen LogP contribution in [0.4, 0.5) is 0 Å². The normalized spacial score (nSPS) is 14.4. The molecule has 3 aromatic rings. The van der Waals surface area contributed by atoms with E-state index in [1.165, 1.54) is 0 Å². The molecule has 0 aliphatic heterocycles. The zero-order valence-electron chi connectivity index (χ0n) is 12.2. The minimum absolute atomic E-state index is 0.0223. The van der Waals surface area contributed by atoms with E-state index in [9.17, 15) is 9.90 Å². The summed E-state index contributed by atoms with van der Waals surface area (Å²) >= 11 is 0. The van der Waals surface area contributed by atoms with E-state index in [0.717, 1.165) is 29.9 Å². The highest BCUT2D eigenvalue weighted by atomic mass is 16.3. The van der Waals surface area contributed by atoms with Gasteiger partial charge in [-0.15, -0.1) is 0 Å². The van der Waals surface area contributed by atoms with E-state index in [1.807, 2.05) is 18.2 Å². The van der Waals surface area contributed by atoms with E-state index in [0.29, 0.717) is 17.1 Å². The van der Waals surface area contributed by atoms with Gasteiger partial charge in [-0.2, -0.15) is 5.10 Å². The van der Waals surface area contributed by atoms with Crippen molar-refractivity contribution < 1.29 is 9.90 Å². The fraction of sp³-hybridized carbons (Fsp3) is 0.235. The number of pyridine rings is 1. The summed E-state index contributed by atoms with van der Waals surface area (Å²) in [7, 11) is 0. The highest BCUT2D eigenvalue weighted by molar-refractivity contribution is 5.95. The molecule has 1 N–H and O–H groups in total. The molecule has 4 rings (SSSR count). The van der Waals surface area contributed by atoms with Gasteiger partial charge in [0.2, 0.25) is 0 Å². The van der Waals surface area contributed by atoms with E-state index in [2.05, 4.69) is 10.1 Å². The minimum atomic E-state index is 0.0223. The summed E-state index contributed by atoms with van der Waals surface area (Å²) in [5.41, 5.74) is 2.81. The minimum Gasteiger partial charge on any atom is -0.504 e. The summed E-state index contributed by atoms with van der Waals surface area (Å²) in [6.45, 7) is 1.55. The molecule has 0 atom stereocenters. The number of aromatic nitrogens is 3. The van der Waals surface area contributed by atoms with Crippen molar-refractivity contribution in [1.29, 1.82) is 0 Å². The molecule has 0 amide bonds. The number of hydrogen-bond acceptors (Lipinski definition) is 4. The Morgan fingerprint density at radius 1 is 1.27 bits per heavy atom. The Balaban J connectivity index is 1.92. The lowest BCUT2D eigenvalue weighted by molar-refractivity contribution is 0.101. The molecule has 5 nitrogen and oxygen atoms in total. The summed E-state index contributed by atoms with van der Waals surface area (Å²) in [5, 5.41) is 14.6.